The fourth-order valence-corrected chi connectivity index (χ4v) is 2.96. The molecule has 2 aromatic rings. The molecule has 0 spiro atoms. The van der Waals surface area contributed by atoms with E-state index < -0.39 is 27.1 Å². The Morgan fingerprint density at radius 2 is 1.83 bits per heavy atom. The quantitative estimate of drug-likeness (QED) is 0.435. The zero-order chi connectivity index (χ0) is 22.0. The summed E-state index contributed by atoms with van der Waals surface area (Å²) >= 11 is 0. The van der Waals surface area contributed by atoms with E-state index in [9.17, 15) is 25.0 Å². The van der Waals surface area contributed by atoms with Crippen LogP contribution >= 0.6 is 0 Å². The van der Waals surface area contributed by atoms with Gasteiger partial charge in [0.05, 0.1) is 45.7 Å². The van der Waals surface area contributed by atoms with Gasteiger partial charge in [-0.15, -0.1) is 0 Å². The van der Waals surface area contributed by atoms with E-state index in [0.717, 1.165) is 17.7 Å². The van der Waals surface area contributed by atoms with Crippen LogP contribution in [0.2, 0.25) is 0 Å². The average Bonchev–Trinajstić information content (AvgIpc) is 2.99. The second kappa shape index (κ2) is 7.99. The van der Waals surface area contributed by atoms with E-state index in [1.54, 1.807) is 19.1 Å². The molecule has 0 aliphatic carbocycles. The number of aryl methyl sites for hydroxylation is 1. The van der Waals surface area contributed by atoms with Crippen LogP contribution in [0.25, 0.3) is 0 Å². The van der Waals surface area contributed by atoms with Crippen molar-refractivity contribution in [1.29, 1.82) is 0 Å². The number of anilines is 2. The van der Waals surface area contributed by atoms with Crippen molar-refractivity contribution in [1.82, 2.24) is 0 Å². The molecule has 0 aromatic heterocycles. The fraction of sp³-hybridized carbons (Fsp3) is 0.158. The molecule has 1 heterocycles. The summed E-state index contributed by atoms with van der Waals surface area (Å²) in [5, 5.41) is 30.7. The van der Waals surface area contributed by atoms with Crippen molar-refractivity contribution in [2.24, 2.45) is 5.10 Å². The van der Waals surface area contributed by atoms with Crippen molar-refractivity contribution in [3.63, 3.8) is 0 Å². The molecule has 0 fully saturated rings. The molecule has 1 aliphatic rings. The maximum Gasteiger partial charge on any atom is 0.320 e. The van der Waals surface area contributed by atoms with Crippen LogP contribution in [0.3, 0.4) is 0 Å². The predicted molar refractivity (Wildman–Crippen MR) is 110 cm³/mol. The number of non-ortho nitro benzene ring substituents is 1. The third-order valence-corrected chi connectivity index (χ3v) is 4.44. The molecule has 0 radical (unpaired) electrons. The Hall–Kier alpha value is -4.28. The number of nitrogens with zero attached hydrogens (tertiary/aromatic N) is 4. The number of carbonyl (C=O) groups excluding carboxylic acids is 1. The van der Waals surface area contributed by atoms with Crippen molar-refractivity contribution >= 4 is 34.4 Å². The van der Waals surface area contributed by atoms with Crippen LogP contribution in [0.5, 0.6) is 5.75 Å². The Kier molecular flexibility index (Phi) is 5.45. The normalized spacial score (nSPS) is 14.6. The number of para-hydroxylation sites is 1. The van der Waals surface area contributed by atoms with Crippen LogP contribution in [-0.4, -0.2) is 28.6 Å². The third-order valence-electron chi connectivity index (χ3n) is 4.44. The van der Waals surface area contributed by atoms with Gasteiger partial charge in [-0.2, -0.15) is 10.1 Å². The van der Waals surface area contributed by atoms with E-state index in [-0.39, 0.29) is 17.0 Å². The molecule has 0 unspecified atom stereocenters. The summed E-state index contributed by atoms with van der Waals surface area (Å²) in [6, 6.07) is 9.13. The first kappa shape index (κ1) is 20.5. The smallest absolute Gasteiger partial charge is 0.320 e. The number of carbonyl (C=O) groups is 1. The highest BCUT2D eigenvalue weighted by Crippen LogP contribution is 2.39. The highest BCUT2D eigenvalue weighted by atomic mass is 16.6. The molecule has 0 bridgehead atoms. The molecular weight excluding hydrogens is 394 g/mol. The summed E-state index contributed by atoms with van der Waals surface area (Å²) in [6.07, 6.45) is 1.30. The highest BCUT2D eigenvalue weighted by Gasteiger charge is 2.30. The number of rotatable bonds is 6. The average molecular weight is 411 g/mol. The molecule has 0 saturated heterocycles. The predicted octanol–water partition coefficient (Wildman–Crippen LogP) is 3.54. The summed E-state index contributed by atoms with van der Waals surface area (Å²) in [6.45, 7) is 3.48. The van der Waals surface area contributed by atoms with Gasteiger partial charge in [0.15, 0.2) is 0 Å². The van der Waals surface area contributed by atoms with Crippen LogP contribution in [-0.2, 0) is 4.79 Å². The topological polar surface area (TPSA) is 140 Å². The number of ether oxygens (including phenoxy) is 1. The van der Waals surface area contributed by atoms with Crippen molar-refractivity contribution in [2.45, 2.75) is 13.8 Å². The van der Waals surface area contributed by atoms with Gasteiger partial charge in [-0.05, 0) is 25.5 Å². The van der Waals surface area contributed by atoms with Crippen molar-refractivity contribution < 1.29 is 19.4 Å². The fourth-order valence-electron chi connectivity index (χ4n) is 2.96. The lowest BCUT2D eigenvalue weighted by atomic mass is 10.1. The largest absolute Gasteiger partial charge is 0.489 e. The van der Waals surface area contributed by atoms with E-state index in [1.807, 2.05) is 19.1 Å². The number of nitro groups is 2. The van der Waals surface area contributed by atoms with Gasteiger partial charge in [-0.1, -0.05) is 18.2 Å². The number of benzene rings is 2. The number of nitrogens with one attached hydrogen (secondary N) is 1. The number of hydrazone groups is 1. The van der Waals surface area contributed by atoms with E-state index in [1.165, 1.54) is 18.3 Å². The Morgan fingerprint density at radius 3 is 2.43 bits per heavy atom. The van der Waals surface area contributed by atoms with Gasteiger partial charge in [-0.25, -0.2) is 0 Å². The number of amides is 1. The standard InChI is InChI=1S/C19H17N5O6/c1-11-6-4-5-7-16(11)22-19(25)14(12(2)21-22)10-20-15-8-13(23(26)27)9-17(24(28)29)18(15)30-3/h4-10,20H,1-3H3. The van der Waals surface area contributed by atoms with Gasteiger partial charge in [-0.3, -0.25) is 25.0 Å². The van der Waals surface area contributed by atoms with Crippen molar-refractivity contribution in [2.75, 3.05) is 17.4 Å². The molecule has 30 heavy (non-hydrogen) atoms. The summed E-state index contributed by atoms with van der Waals surface area (Å²) in [4.78, 5) is 33.7. The lowest BCUT2D eigenvalue weighted by Crippen LogP contribution is -2.22. The number of methoxy groups -OCH3 is 1. The van der Waals surface area contributed by atoms with Gasteiger partial charge in [0.25, 0.3) is 11.6 Å². The number of hydrogen-bond donors (Lipinski definition) is 1. The summed E-state index contributed by atoms with van der Waals surface area (Å²) in [5.74, 6) is -0.605. The van der Waals surface area contributed by atoms with Crippen molar-refractivity contribution in [3.8, 4) is 5.75 Å². The summed E-state index contributed by atoms with van der Waals surface area (Å²) in [5.41, 5.74) is 0.997. The van der Waals surface area contributed by atoms with Crippen LogP contribution in [0, 0.1) is 27.2 Å². The SMILES string of the molecule is COc1c(NC=C2C(=O)N(c3ccccc3C)N=C2C)cc([N+](=O)[O-])cc1[N+](=O)[O-]. The Bertz CT molecular complexity index is 1120. The summed E-state index contributed by atoms with van der Waals surface area (Å²) in [7, 11) is 1.21. The molecule has 1 aliphatic heterocycles. The molecule has 0 atom stereocenters. The summed E-state index contributed by atoms with van der Waals surface area (Å²) < 4.78 is 5.07. The first-order chi connectivity index (χ1) is 14.2. The minimum atomic E-state index is -0.780. The zero-order valence-corrected chi connectivity index (χ0v) is 16.3. The van der Waals surface area contributed by atoms with Crippen LogP contribution < -0.4 is 15.1 Å². The van der Waals surface area contributed by atoms with Gasteiger partial charge in [0.2, 0.25) is 5.75 Å². The van der Waals surface area contributed by atoms with E-state index in [2.05, 4.69) is 10.4 Å². The van der Waals surface area contributed by atoms with E-state index >= 15 is 0 Å². The second-order valence-electron chi connectivity index (χ2n) is 6.35. The third kappa shape index (κ3) is 3.68. The Labute approximate surface area is 170 Å². The van der Waals surface area contributed by atoms with E-state index in [0.29, 0.717) is 11.4 Å². The van der Waals surface area contributed by atoms with Gasteiger partial charge in [0.1, 0.15) is 0 Å². The molecule has 1 N–H and O–H groups in total. The molecule has 11 heteroatoms. The van der Waals surface area contributed by atoms with E-state index in [4.69, 9.17) is 4.74 Å². The number of hydrogen-bond acceptors (Lipinski definition) is 8. The molecule has 154 valence electrons. The first-order valence-corrected chi connectivity index (χ1v) is 8.67. The van der Waals surface area contributed by atoms with Crippen LogP contribution in [0.1, 0.15) is 12.5 Å². The monoisotopic (exact) mass is 411 g/mol. The van der Waals surface area contributed by atoms with Gasteiger partial charge >= 0.3 is 5.69 Å². The Balaban J connectivity index is 1.99. The second-order valence-corrected chi connectivity index (χ2v) is 6.35. The lowest BCUT2D eigenvalue weighted by Gasteiger charge is -2.14. The molecule has 11 nitrogen and oxygen atoms in total. The minimum Gasteiger partial charge on any atom is -0.489 e. The molecule has 0 saturated carbocycles. The molecule has 1 amide bonds. The highest BCUT2D eigenvalue weighted by molar-refractivity contribution is 6.30. The molecular formula is C19H17N5O6. The Morgan fingerprint density at radius 1 is 1.13 bits per heavy atom. The molecule has 3 rings (SSSR count). The zero-order valence-electron chi connectivity index (χ0n) is 16.3. The number of nitro benzene ring substituents is 2. The maximum atomic E-state index is 12.8. The molecule has 2 aromatic carbocycles. The lowest BCUT2D eigenvalue weighted by molar-refractivity contribution is -0.394. The first-order valence-electron chi connectivity index (χ1n) is 8.67. The maximum absolute atomic E-state index is 12.8. The van der Waals surface area contributed by atoms with Crippen molar-refractivity contribution in [3.05, 3.63) is 74.0 Å². The minimum absolute atomic E-state index is 0.0270. The van der Waals surface area contributed by atoms with Gasteiger partial charge in [0, 0.05) is 12.3 Å². The van der Waals surface area contributed by atoms with Crippen LogP contribution in [0.15, 0.2) is 53.3 Å². The van der Waals surface area contributed by atoms with Gasteiger partial charge < -0.3 is 10.1 Å². The van der Waals surface area contributed by atoms with Crippen LogP contribution in [0.4, 0.5) is 22.7 Å².